The molecule has 1 saturated heterocycles. The number of aliphatic hydroxyl groups excluding tert-OH is 1. The Balaban J connectivity index is 1.30. The third kappa shape index (κ3) is 6.89. The molecule has 3 aliphatic carbocycles. The van der Waals surface area contributed by atoms with E-state index in [1.54, 1.807) is 6.34 Å². The molecule has 5 rings (SSSR count). The van der Waals surface area contributed by atoms with Crippen LogP contribution in [0, 0.1) is 17.8 Å². The van der Waals surface area contributed by atoms with Gasteiger partial charge in [-0.15, -0.1) is 0 Å². The zero-order valence-corrected chi connectivity index (χ0v) is 23.7. The van der Waals surface area contributed by atoms with Crippen LogP contribution in [0.4, 0.5) is 0 Å². The van der Waals surface area contributed by atoms with Gasteiger partial charge in [-0.25, -0.2) is 4.99 Å². The first-order valence-electron chi connectivity index (χ1n) is 14.7. The number of β-amino-alcohol motifs (C(OH)–C–C–N with tert-alkyl or cyclic N) is 1. The maximum absolute atomic E-state index is 13.7. The molecule has 0 aromatic heterocycles. The average molecular weight is 533 g/mol. The van der Waals surface area contributed by atoms with E-state index in [0.29, 0.717) is 31.7 Å². The number of hydrogen-bond donors (Lipinski definition) is 1. The number of piperazine rings is 1. The summed E-state index contributed by atoms with van der Waals surface area (Å²) < 4.78 is 6.47. The van der Waals surface area contributed by atoms with Gasteiger partial charge < -0.3 is 14.7 Å². The number of aliphatic imine (C=N–C) groups is 1. The van der Waals surface area contributed by atoms with Crippen molar-refractivity contribution in [1.29, 1.82) is 0 Å². The van der Waals surface area contributed by atoms with Crippen molar-refractivity contribution in [2.45, 2.75) is 58.1 Å². The van der Waals surface area contributed by atoms with Crippen LogP contribution in [0.3, 0.4) is 0 Å². The zero-order valence-electron chi connectivity index (χ0n) is 23.7. The predicted molar refractivity (Wildman–Crippen MR) is 156 cm³/mol. The van der Waals surface area contributed by atoms with Crippen molar-refractivity contribution >= 4 is 12.2 Å². The van der Waals surface area contributed by atoms with Gasteiger partial charge in [-0.05, 0) is 69.4 Å². The number of amides is 1. The van der Waals surface area contributed by atoms with Crippen molar-refractivity contribution in [3.63, 3.8) is 0 Å². The van der Waals surface area contributed by atoms with Crippen LogP contribution in [0.15, 0.2) is 76.4 Å². The van der Waals surface area contributed by atoms with E-state index in [4.69, 9.17) is 9.73 Å². The lowest BCUT2D eigenvalue weighted by Gasteiger charge is -2.37. The summed E-state index contributed by atoms with van der Waals surface area (Å²) in [7, 11) is 2.14. The highest BCUT2D eigenvalue weighted by Gasteiger charge is 2.38. The van der Waals surface area contributed by atoms with Crippen LogP contribution in [-0.4, -0.2) is 84.0 Å². The van der Waals surface area contributed by atoms with E-state index in [1.165, 1.54) is 0 Å². The molecule has 5 atom stereocenters. The molecular weight excluding hydrogens is 488 g/mol. The number of allylic oxidation sites excluding steroid dienone is 9. The number of carbonyl (C=O) groups is 1. The third-order valence-electron chi connectivity index (χ3n) is 8.72. The lowest BCUT2D eigenvalue weighted by Crippen LogP contribution is -2.47. The van der Waals surface area contributed by atoms with Gasteiger partial charge in [-0.2, -0.15) is 0 Å². The molecule has 2 aliphatic heterocycles. The zero-order chi connectivity index (χ0) is 27.4. The van der Waals surface area contributed by atoms with Gasteiger partial charge in [0.25, 0.3) is 0 Å². The van der Waals surface area contributed by atoms with E-state index < -0.39 is 6.10 Å². The van der Waals surface area contributed by atoms with Crippen molar-refractivity contribution in [1.82, 2.24) is 14.7 Å². The van der Waals surface area contributed by atoms with Gasteiger partial charge in [0, 0.05) is 51.1 Å². The average Bonchev–Trinajstić information content (AvgIpc) is 2.95. The number of aliphatic hydroxyl groups is 1. The molecule has 7 nitrogen and oxygen atoms in total. The van der Waals surface area contributed by atoms with E-state index in [9.17, 15) is 9.90 Å². The van der Waals surface area contributed by atoms with Gasteiger partial charge in [-0.3, -0.25) is 14.6 Å². The van der Waals surface area contributed by atoms with E-state index in [-0.39, 0.29) is 23.8 Å². The highest BCUT2D eigenvalue weighted by atomic mass is 16.5. The first-order valence-corrected chi connectivity index (χ1v) is 14.7. The Kier molecular flexibility index (Phi) is 9.00. The number of carbonyl (C=O) groups excluding carboxylic acids is 1. The summed E-state index contributed by atoms with van der Waals surface area (Å²) >= 11 is 0. The number of hydrogen-bond acceptors (Lipinski definition) is 6. The van der Waals surface area contributed by atoms with Crippen LogP contribution in [0.25, 0.3) is 0 Å². The van der Waals surface area contributed by atoms with Gasteiger partial charge in [0.1, 0.15) is 11.5 Å². The van der Waals surface area contributed by atoms with Gasteiger partial charge in [0.15, 0.2) is 0 Å². The molecule has 1 N–H and O–H groups in total. The van der Waals surface area contributed by atoms with Crippen molar-refractivity contribution in [3.8, 4) is 0 Å². The van der Waals surface area contributed by atoms with Gasteiger partial charge >= 0.3 is 0 Å². The summed E-state index contributed by atoms with van der Waals surface area (Å²) in [6.45, 7) is 9.06. The molecule has 1 amide bonds. The summed E-state index contributed by atoms with van der Waals surface area (Å²) in [5.41, 5.74) is 1.85. The maximum Gasteiger partial charge on any atom is 0.237 e. The standard InChI is InChI=1S/C32H44N4O3/c1-23-9-13-28(14-10-23)39-31-20-29-30(33-22-36(32(29)38)24(2)25-7-5-4-6-8-25)19-26(31)11-12-27(37)21-35-17-15-34(3)16-18-35/h4-7,9,13-14,19,22-25,27,29,37H,8,10-12,15-18,20-21H2,1-3H3. The lowest BCUT2D eigenvalue weighted by atomic mass is 9.86. The molecule has 39 heavy (non-hydrogen) atoms. The Hall–Kier alpha value is -2.74. The minimum atomic E-state index is -0.404. The normalized spacial score (nSPS) is 29.3. The first-order chi connectivity index (χ1) is 18.9. The highest BCUT2D eigenvalue weighted by molar-refractivity contribution is 5.95. The van der Waals surface area contributed by atoms with Crippen LogP contribution in [-0.2, 0) is 9.53 Å². The van der Waals surface area contributed by atoms with Crippen molar-refractivity contribution in [2.75, 3.05) is 39.8 Å². The minimum absolute atomic E-state index is 0.0361. The van der Waals surface area contributed by atoms with Crippen molar-refractivity contribution in [2.24, 2.45) is 22.7 Å². The Bertz CT molecular complexity index is 1120. The van der Waals surface area contributed by atoms with Crippen molar-refractivity contribution in [3.05, 3.63) is 71.4 Å². The molecule has 2 heterocycles. The molecule has 0 radical (unpaired) electrons. The van der Waals surface area contributed by atoms with Gasteiger partial charge in [0.05, 0.1) is 24.1 Å². The fourth-order valence-corrected chi connectivity index (χ4v) is 5.94. The molecule has 0 spiro atoms. The second-order valence-electron chi connectivity index (χ2n) is 11.8. The smallest absolute Gasteiger partial charge is 0.237 e. The Morgan fingerprint density at radius 2 is 1.97 bits per heavy atom. The second kappa shape index (κ2) is 12.6. The van der Waals surface area contributed by atoms with Crippen LogP contribution >= 0.6 is 0 Å². The molecule has 210 valence electrons. The van der Waals surface area contributed by atoms with Gasteiger partial charge in [-0.1, -0.05) is 37.3 Å². The molecular formula is C32H44N4O3. The van der Waals surface area contributed by atoms with Crippen molar-refractivity contribution < 1.29 is 14.6 Å². The molecule has 0 bridgehead atoms. The van der Waals surface area contributed by atoms with E-state index in [2.05, 4.69) is 67.2 Å². The summed E-state index contributed by atoms with van der Waals surface area (Å²) in [5, 5.41) is 10.9. The number of ether oxygens (including phenoxy) is 1. The highest BCUT2D eigenvalue weighted by Crippen LogP contribution is 2.38. The van der Waals surface area contributed by atoms with E-state index in [1.807, 2.05) is 17.1 Å². The number of nitrogens with zero attached hydrogens (tertiary/aromatic N) is 4. The van der Waals surface area contributed by atoms with E-state index in [0.717, 1.165) is 61.8 Å². The number of likely N-dealkylation sites (N-methyl/N-ethyl adjacent to an activating group) is 1. The number of fused-ring (bicyclic) bond motifs is 1. The summed E-state index contributed by atoms with van der Waals surface area (Å²) in [4.78, 5) is 25.0. The molecule has 0 aromatic rings. The molecule has 0 saturated carbocycles. The fraction of sp³-hybridized carbons (Fsp3) is 0.562. The molecule has 5 aliphatic rings. The monoisotopic (exact) mass is 532 g/mol. The predicted octanol–water partition coefficient (Wildman–Crippen LogP) is 4.42. The topological polar surface area (TPSA) is 68.6 Å². The Morgan fingerprint density at radius 3 is 2.69 bits per heavy atom. The van der Waals surface area contributed by atoms with Crippen LogP contribution in [0.5, 0.6) is 0 Å². The third-order valence-corrected chi connectivity index (χ3v) is 8.72. The summed E-state index contributed by atoms with van der Waals surface area (Å²) in [5.74, 6) is 2.19. The van der Waals surface area contributed by atoms with Crippen LogP contribution in [0.2, 0.25) is 0 Å². The molecule has 1 fully saturated rings. The Labute approximate surface area is 233 Å². The quantitative estimate of drug-likeness (QED) is 0.476. The first kappa shape index (κ1) is 27.8. The minimum Gasteiger partial charge on any atom is -0.462 e. The van der Waals surface area contributed by atoms with Crippen LogP contribution in [0.1, 0.15) is 46.0 Å². The molecule has 0 aromatic carbocycles. The summed E-state index contributed by atoms with van der Waals surface area (Å²) in [6, 6.07) is 0.0361. The fourth-order valence-electron chi connectivity index (χ4n) is 5.94. The van der Waals surface area contributed by atoms with Crippen LogP contribution < -0.4 is 0 Å². The Morgan fingerprint density at radius 1 is 1.15 bits per heavy atom. The maximum atomic E-state index is 13.7. The second-order valence-corrected chi connectivity index (χ2v) is 11.8. The largest absolute Gasteiger partial charge is 0.462 e. The summed E-state index contributed by atoms with van der Waals surface area (Å²) in [6.07, 6.45) is 21.9. The molecule has 7 heteroatoms. The van der Waals surface area contributed by atoms with Gasteiger partial charge in [0.2, 0.25) is 5.91 Å². The lowest BCUT2D eigenvalue weighted by molar-refractivity contribution is -0.132. The SMILES string of the molecule is CC1C=CC(OC2=C(CCC(O)CN3CCN(C)CC3)C=C3N=CN(C(C)C4C=CC=CC4)C(=O)C3C2)=CC1. The van der Waals surface area contributed by atoms with E-state index >= 15 is 0 Å². The molecule has 5 unspecified atom stereocenters. The number of rotatable bonds is 9.